The van der Waals surface area contributed by atoms with Gasteiger partial charge in [-0.05, 0) is 44.4 Å². The third-order valence-corrected chi connectivity index (χ3v) is 5.02. The molecule has 0 saturated carbocycles. The molecule has 2 fully saturated rings. The molecule has 1 amide bonds. The van der Waals surface area contributed by atoms with Gasteiger partial charge in [-0.15, -0.1) is 24.0 Å². The van der Waals surface area contributed by atoms with Crippen molar-refractivity contribution in [3.05, 3.63) is 34.3 Å². The van der Waals surface area contributed by atoms with E-state index >= 15 is 0 Å². The molecule has 2 bridgehead atoms. The number of ether oxygens (including phenoxy) is 1. The Kier molecular flexibility index (Phi) is 8.62. The second-order valence-corrected chi connectivity index (χ2v) is 7.30. The summed E-state index contributed by atoms with van der Waals surface area (Å²) in [6.45, 7) is 3.87. The summed E-state index contributed by atoms with van der Waals surface area (Å²) in [5.41, 5.74) is 0.641. The van der Waals surface area contributed by atoms with Crippen molar-refractivity contribution in [1.82, 2.24) is 16.0 Å². The second-order valence-electron chi connectivity index (χ2n) is 6.39. The van der Waals surface area contributed by atoms with Crippen LogP contribution in [0.4, 0.5) is 0 Å². The molecular formula is C18H26BrIN4O2. The van der Waals surface area contributed by atoms with Gasteiger partial charge in [0, 0.05) is 23.1 Å². The molecule has 1 aromatic rings. The first-order valence-corrected chi connectivity index (χ1v) is 9.69. The number of guanidine groups is 1. The number of carbonyl (C=O) groups excluding carboxylic acids is 1. The van der Waals surface area contributed by atoms with Crippen LogP contribution in [0.1, 0.15) is 36.5 Å². The number of aliphatic imine (C=N–C) groups is 1. The Balaban J connectivity index is 0.00000243. The van der Waals surface area contributed by atoms with Crippen LogP contribution in [0.5, 0.6) is 0 Å². The number of nitrogens with zero attached hydrogens (tertiary/aromatic N) is 1. The van der Waals surface area contributed by atoms with E-state index in [2.05, 4.69) is 36.9 Å². The number of nitrogens with one attached hydrogen (secondary N) is 3. The van der Waals surface area contributed by atoms with E-state index in [1.54, 1.807) is 12.1 Å². The van der Waals surface area contributed by atoms with Crippen molar-refractivity contribution >= 4 is 51.8 Å². The normalized spacial score (nSPS) is 24.1. The molecule has 3 N–H and O–H groups in total. The van der Waals surface area contributed by atoms with Crippen molar-refractivity contribution < 1.29 is 9.53 Å². The number of benzene rings is 1. The molecule has 1 aromatic carbocycles. The second kappa shape index (κ2) is 10.5. The summed E-state index contributed by atoms with van der Waals surface area (Å²) in [6, 6.07) is 7.69. The van der Waals surface area contributed by atoms with Gasteiger partial charge in [0.25, 0.3) is 5.91 Å². The maximum atomic E-state index is 12.1. The number of carbonyl (C=O) groups is 1. The Morgan fingerprint density at radius 3 is 2.85 bits per heavy atom. The molecule has 144 valence electrons. The molecule has 0 aromatic heterocycles. The fourth-order valence-electron chi connectivity index (χ4n) is 3.35. The quantitative estimate of drug-likeness (QED) is 0.226. The van der Waals surface area contributed by atoms with Gasteiger partial charge in [0.2, 0.25) is 0 Å². The van der Waals surface area contributed by atoms with Crippen LogP contribution in [-0.2, 0) is 4.74 Å². The van der Waals surface area contributed by atoms with E-state index in [1.807, 2.05) is 19.1 Å². The van der Waals surface area contributed by atoms with Crippen LogP contribution in [0.3, 0.4) is 0 Å². The molecule has 8 heteroatoms. The van der Waals surface area contributed by atoms with Crippen molar-refractivity contribution in [2.75, 3.05) is 19.6 Å². The summed E-state index contributed by atoms with van der Waals surface area (Å²) >= 11 is 3.38. The van der Waals surface area contributed by atoms with Crippen LogP contribution in [0.15, 0.2) is 33.7 Å². The molecule has 2 heterocycles. The van der Waals surface area contributed by atoms with Crippen LogP contribution < -0.4 is 16.0 Å². The third-order valence-electron chi connectivity index (χ3n) is 4.53. The van der Waals surface area contributed by atoms with Gasteiger partial charge in [0.1, 0.15) is 0 Å². The van der Waals surface area contributed by atoms with Gasteiger partial charge in [-0.1, -0.05) is 22.0 Å². The highest BCUT2D eigenvalue weighted by atomic mass is 127. The van der Waals surface area contributed by atoms with Crippen molar-refractivity contribution in [3.8, 4) is 0 Å². The van der Waals surface area contributed by atoms with Crippen molar-refractivity contribution in [2.24, 2.45) is 4.99 Å². The van der Waals surface area contributed by atoms with Gasteiger partial charge in [0.05, 0.1) is 24.8 Å². The van der Waals surface area contributed by atoms with Gasteiger partial charge in [-0.3, -0.25) is 9.79 Å². The topological polar surface area (TPSA) is 74.8 Å². The molecule has 26 heavy (non-hydrogen) atoms. The van der Waals surface area contributed by atoms with Crippen LogP contribution in [0, 0.1) is 0 Å². The van der Waals surface area contributed by atoms with E-state index in [0.717, 1.165) is 29.8 Å². The summed E-state index contributed by atoms with van der Waals surface area (Å²) < 4.78 is 6.77. The van der Waals surface area contributed by atoms with E-state index in [1.165, 1.54) is 6.42 Å². The Bertz CT molecular complexity index is 643. The minimum Gasteiger partial charge on any atom is -0.373 e. The molecule has 0 aliphatic carbocycles. The fourth-order valence-corrected chi connectivity index (χ4v) is 3.75. The first-order valence-electron chi connectivity index (χ1n) is 8.89. The van der Waals surface area contributed by atoms with Crippen molar-refractivity contribution in [1.29, 1.82) is 0 Å². The molecule has 2 saturated heterocycles. The lowest BCUT2D eigenvalue weighted by Gasteiger charge is -2.22. The van der Waals surface area contributed by atoms with Gasteiger partial charge >= 0.3 is 0 Å². The minimum absolute atomic E-state index is 0. The number of halogens is 2. The highest BCUT2D eigenvalue weighted by molar-refractivity contribution is 14.0. The van der Waals surface area contributed by atoms with Gasteiger partial charge in [0.15, 0.2) is 5.96 Å². The first-order chi connectivity index (χ1) is 12.2. The average molecular weight is 537 g/mol. The van der Waals surface area contributed by atoms with Crippen LogP contribution in [-0.4, -0.2) is 49.8 Å². The molecule has 0 radical (unpaired) electrons. The third kappa shape index (κ3) is 5.82. The molecular weight excluding hydrogens is 511 g/mol. The van der Waals surface area contributed by atoms with E-state index in [-0.39, 0.29) is 29.9 Å². The van der Waals surface area contributed by atoms with Gasteiger partial charge in [-0.25, -0.2) is 0 Å². The fraction of sp³-hybridized carbons (Fsp3) is 0.556. The first kappa shape index (κ1) is 21.4. The number of hydrogen-bond donors (Lipinski definition) is 3. The van der Waals surface area contributed by atoms with Gasteiger partial charge in [-0.2, -0.15) is 0 Å². The Labute approximate surface area is 180 Å². The zero-order valence-electron chi connectivity index (χ0n) is 14.8. The zero-order valence-corrected chi connectivity index (χ0v) is 18.8. The van der Waals surface area contributed by atoms with Crippen LogP contribution >= 0.6 is 39.9 Å². The highest BCUT2D eigenvalue weighted by Crippen LogP contribution is 2.34. The predicted octanol–water partition coefficient (Wildman–Crippen LogP) is 2.67. The largest absolute Gasteiger partial charge is 0.373 e. The summed E-state index contributed by atoms with van der Waals surface area (Å²) in [5, 5.41) is 9.63. The summed E-state index contributed by atoms with van der Waals surface area (Å²) in [4.78, 5) is 16.7. The summed E-state index contributed by atoms with van der Waals surface area (Å²) in [7, 11) is 0. The number of amides is 1. The Hall–Kier alpha value is -0.870. The number of hydrogen-bond acceptors (Lipinski definition) is 3. The Morgan fingerprint density at radius 2 is 2.19 bits per heavy atom. The van der Waals surface area contributed by atoms with E-state index in [9.17, 15) is 4.79 Å². The van der Waals surface area contributed by atoms with Crippen LogP contribution in [0.2, 0.25) is 0 Å². The van der Waals surface area contributed by atoms with E-state index < -0.39 is 0 Å². The zero-order chi connectivity index (χ0) is 17.6. The maximum absolute atomic E-state index is 12.1. The monoisotopic (exact) mass is 536 g/mol. The smallest absolute Gasteiger partial charge is 0.251 e. The summed E-state index contributed by atoms with van der Waals surface area (Å²) in [6.07, 6.45) is 4.08. The number of fused-ring (bicyclic) bond motifs is 2. The molecule has 3 rings (SSSR count). The summed E-state index contributed by atoms with van der Waals surface area (Å²) in [5.74, 6) is 0.705. The standard InChI is InChI=1S/C18H25BrN4O2.HI/c1-2-20-18(23-15-11-14-6-7-16(15)25-14)22-9-8-21-17(24)12-4-3-5-13(19)10-12;/h3-5,10,14-16H,2,6-9,11H2,1H3,(H,21,24)(H2,20,22,23);1H. The molecule has 6 nitrogen and oxygen atoms in total. The molecule has 0 spiro atoms. The molecule has 2 aliphatic rings. The Morgan fingerprint density at radius 1 is 1.35 bits per heavy atom. The lowest BCUT2D eigenvalue weighted by atomic mass is 9.96. The van der Waals surface area contributed by atoms with E-state index in [0.29, 0.717) is 36.9 Å². The lowest BCUT2D eigenvalue weighted by molar-refractivity contribution is 0.0954. The molecule has 3 unspecified atom stereocenters. The average Bonchev–Trinajstić information content (AvgIpc) is 3.21. The molecule has 2 aliphatic heterocycles. The predicted molar refractivity (Wildman–Crippen MR) is 117 cm³/mol. The SMILES string of the molecule is CCNC(=NCCNC(=O)c1cccc(Br)c1)NC1CC2CCC1O2.I. The van der Waals surface area contributed by atoms with Crippen molar-refractivity contribution in [2.45, 2.75) is 44.4 Å². The molecule has 3 atom stereocenters. The van der Waals surface area contributed by atoms with Crippen LogP contribution in [0.25, 0.3) is 0 Å². The van der Waals surface area contributed by atoms with Gasteiger partial charge < -0.3 is 20.7 Å². The highest BCUT2D eigenvalue weighted by Gasteiger charge is 2.41. The lowest BCUT2D eigenvalue weighted by Crippen LogP contribution is -2.47. The van der Waals surface area contributed by atoms with Crippen molar-refractivity contribution in [3.63, 3.8) is 0 Å². The maximum Gasteiger partial charge on any atom is 0.251 e. The minimum atomic E-state index is -0.0871. The number of rotatable bonds is 6. The van der Waals surface area contributed by atoms with E-state index in [4.69, 9.17) is 4.74 Å².